The van der Waals surface area contributed by atoms with Gasteiger partial charge in [-0.3, -0.25) is 13.7 Å². The minimum absolute atomic E-state index is 0. The van der Waals surface area contributed by atoms with Gasteiger partial charge in [0.1, 0.15) is 73.3 Å². The van der Waals surface area contributed by atoms with Gasteiger partial charge in [-0.1, -0.05) is 52.6 Å². The molecule has 9 fully saturated rings. The first kappa shape index (κ1) is 72.2. The lowest BCUT2D eigenvalue weighted by Gasteiger charge is -2.24. The summed E-state index contributed by atoms with van der Waals surface area (Å²) < 4.78 is 46.7. The Morgan fingerprint density at radius 1 is 0.516 bits per heavy atom. The summed E-state index contributed by atoms with van der Waals surface area (Å²) >= 11 is 6.03. The maximum Gasteiger partial charge on any atom is 0.167 e. The molecule has 6 aromatic heterocycles. The fourth-order valence-corrected chi connectivity index (χ4v) is 13.8. The van der Waals surface area contributed by atoms with Crippen molar-refractivity contribution in [3.63, 3.8) is 0 Å². The van der Waals surface area contributed by atoms with Gasteiger partial charge in [0, 0.05) is 26.2 Å². The van der Waals surface area contributed by atoms with Gasteiger partial charge in [0.15, 0.2) is 75.0 Å². The molecule has 93 heavy (non-hydrogen) atoms. The van der Waals surface area contributed by atoms with Crippen LogP contribution in [0.4, 0.5) is 11.6 Å². The van der Waals surface area contributed by atoms with E-state index in [-0.39, 0.29) is 76.4 Å². The van der Waals surface area contributed by atoms with E-state index in [1.54, 1.807) is 35.0 Å². The predicted molar refractivity (Wildman–Crippen MR) is 345 cm³/mol. The molecule has 6 aromatic rings. The molecule has 11 heterocycles. The second-order valence-corrected chi connectivity index (χ2v) is 26.5. The van der Waals surface area contributed by atoms with Crippen molar-refractivity contribution in [2.24, 2.45) is 23.3 Å². The summed E-state index contributed by atoms with van der Waals surface area (Å²) in [5.41, 5.74) is 14.6. The molecule has 4 saturated carbocycles. The molecule has 9 aliphatic rings. The van der Waals surface area contributed by atoms with E-state index >= 15 is 0 Å². The Hall–Kier alpha value is -5.10. The Labute approximate surface area is 548 Å². The quantitative estimate of drug-likeness (QED) is 0.0822. The average molecular weight is 1330 g/mol. The van der Waals surface area contributed by atoms with E-state index in [2.05, 4.69) is 69.3 Å². The van der Waals surface area contributed by atoms with Crippen LogP contribution >= 0.6 is 11.6 Å². The smallest absolute Gasteiger partial charge is 0.167 e. The molecule has 4 aliphatic carbocycles. The number of halogens is 1. The van der Waals surface area contributed by atoms with Crippen molar-refractivity contribution in [2.45, 2.75) is 268 Å². The Morgan fingerprint density at radius 3 is 1.34 bits per heavy atom. The summed E-state index contributed by atoms with van der Waals surface area (Å²) in [5, 5.41) is 73.2. The SMILES string of the molecule is C.CC1(C)OC2C(CO)OC(n3cnc4c(Cl)ncnc43)C2O1.CC1CCCC1N.CC1CCCC1Nc1ncnc2c1ncn2C1OC(CO)C2OC(C)(C)OC21.CCC1OC(n2cnc3c(NC4CCCC4O)ncnc32)C(O)C1O.CCO.NC1CCCC1O.[2HH]. The number of imidazole rings is 3. The van der Waals surface area contributed by atoms with Crippen LogP contribution in [0.15, 0.2) is 38.0 Å². The molecule has 520 valence electrons. The molecule has 0 amide bonds. The fraction of sp³-hybridized carbons (Fsp3) is 0.758. The third kappa shape index (κ3) is 16.0. The van der Waals surface area contributed by atoms with Crippen LogP contribution in [0.2, 0.25) is 5.15 Å². The highest BCUT2D eigenvalue weighted by Gasteiger charge is 2.57. The van der Waals surface area contributed by atoms with Gasteiger partial charge in [-0.25, -0.2) is 44.9 Å². The fourth-order valence-electron chi connectivity index (χ4n) is 13.6. The van der Waals surface area contributed by atoms with Crippen molar-refractivity contribution in [1.82, 2.24) is 58.6 Å². The van der Waals surface area contributed by atoms with E-state index in [4.69, 9.17) is 66.4 Å². The molecule has 0 bridgehead atoms. The van der Waals surface area contributed by atoms with Gasteiger partial charge in [0.05, 0.1) is 56.5 Å². The van der Waals surface area contributed by atoms with E-state index < -0.39 is 66.9 Å². The largest absolute Gasteiger partial charge is 0.397 e. The summed E-state index contributed by atoms with van der Waals surface area (Å²) in [7, 11) is 0. The van der Waals surface area contributed by atoms with E-state index in [9.17, 15) is 25.5 Å². The van der Waals surface area contributed by atoms with Gasteiger partial charge in [-0.15, -0.1) is 0 Å². The lowest BCUT2D eigenvalue weighted by atomic mass is 10.1. The normalized spacial score (nSPS) is 35.1. The van der Waals surface area contributed by atoms with Crippen LogP contribution in [0.5, 0.6) is 0 Å². The van der Waals surface area contributed by atoms with Crippen molar-refractivity contribution < 1.29 is 70.3 Å². The highest BCUT2D eigenvalue weighted by molar-refractivity contribution is 6.33. The molecular weight excluding hydrogens is 1230 g/mol. The van der Waals surface area contributed by atoms with Gasteiger partial charge < -0.3 is 91.0 Å². The van der Waals surface area contributed by atoms with Crippen molar-refractivity contribution in [1.29, 1.82) is 0 Å². The van der Waals surface area contributed by atoms with Crippen LogP contribution in [0.1, 0.15) is 166 Å². The van der Waals surface area contributed by atoms with Crippen LogP contribution in [-0.2, 0) is 33.2 Å². The average Bonchev–Trinajstić information content (AvgIpc) is 1.60. The van der Waals surface area contributed by atoms with Gasteiger partial charge in [-0.2, -0.15) is 0 Å². The molecule has 20 atom stereocenters. The number of fused-ring (bicyclic) bond motifs is 5. The van der Waals surface area contributed by atoms with Crippen molar-refractivity contribution in [2.75, 3.05) is 30.5 Å². The summed E-state index contributed by atoms with van der Waals surface area (Å²) in [6.45, 7) is 15.5. The number of aliphatic hydroxyl groups is 7. The van der Waals surface area contributed by atoms with Gasteiger partial charge >= 0.3 is 0 Å². The number of nitrogens with two attached hydrogens (primary N) is 2. The molecule has 0 radical (unpaired) electrons. The zero-order valence-electron chi connectivity index (χ0n) is 53.7. The molecule has 13 N–H and O–H groups in total. The molecule has 20 unspecified atom stereocenters. The number of aromatic nitrogens is 12. The first-order chi connectivity index (χ1) is 44.1. The molecule has 0 aromatic carbocycles. The van der Waals surface area contributed by atoms with Crippen LogP contribution in [-0.4, -0.2) is 217 Å². The number of nitrogens with one attached hydrogen (secondary N) is 2. The summed E-state index contributed by atoms with van der Waals surface area (Å²) in [6, 6.07) is 0.935. The minimum atomic E-state index is -1.05. The number of nitrogens with zero attached hydrogens (tertiary/aromatic N) is 12. The zero-order valence-corrected chi connectivity index (χ0v) is 54.5. The second kappa shape index (κ2) is 31.4. The summed E-state index contributed by atoms with van der Waals surface area (Å²) in [6.07, 6.45) is 15.9. The standard InChI is InChI=1S/C19H27N5O4.C16H23N5O4.C13H15ClN4O4.C6H13N.C5H11NO.C2H6O.CH4.H2/c1-10-5-4-6-11(10)23-16-13-17(21-8-20-16)24(9-22-13)18-15-14(12(7-25)26-18)27-19(2,3)28-15;1-2-10-12(23)13(24)16(25-10)21-7-19-11-14(17-6-18-15(11)21)20-8-4-3-5-9(8)22;1-13(2)21-8-6(3-19)20-12(9(8)22-13)18-5-17-7-10(14)15-4-16-11(7)18;1-5-3-2-4-6(5)7;6-4-2-1-3-5(4)7;1-2-3;;/h8-12,14-15,18,25H,4-7H2,1-3H3,(H,20,21,23);6-10,12-13,16,22-24H,2-5H2,1H3,(H,17,18,20);4-6,8-9,12,19H,3H2,1-2H3;5-6H,2-4,7H2,1H3;4-5,7H,1-3,6H2;3H,2H2,1H3;1H4;1H/i;;;;;;;1+1. The molecule has 31 heteroatoms. The Bertz CT molecular complexity index is 3300. The maximum absolute atomic E-state index is 10.3. The van der Waals surface area contributed by atoms with E-state index in [0.29, 0.717) is 63.7 Å². The molecule has 30 nitrogen and oxygen atoms in total. The first-order valence-electron chi connectivity index (χ1n) is 32.5. The van der Waals surface area contributed by atoms with E-state index in [1.165, 1.54) is 51.1 Å². The second-order valence-electron chi connectivity index (χ2n) is 26.1. The lowest BCUT2D eigenvalue weighted by Crippen LogP contribution is -2.31. The van der Waals surface area contributed by atoms with Gasteiger partial charge in [0.25, 0.3) is 0 Å². The first-order valence-corrected chi connectivity index (χ1v) is 32.9. The molecule has 5 saturated heterocycles. The highest BCUT2D eigenvalue weighted by Crippen LogP contribution is 2.46. The number of hydrogen-bond acceptors (Lipinski definition) is 27. The van der Waals surface area contributed by atoms with Gasteiger partial charge in [0.2, 0.25) is 0 Å². The highest BCUT2D eigenvalue weighted by atomic mass is 35.5. The predicted octanol–water partition coefficient (Wildman–Crippen LogP) is 4.78. The van der Waals surface area contributed by atoms with E-state index in [0.717, 1.165) is 56.7 Å². The third-order valence-corrected chi connectivity index (χ3v) is 18.9. The summed E-state index contributed by atoms with van der Waals surface area (Å²) in [4.78, 5) is 38.7. The van der Waals surface area contributed by atoms with Gasteiger partial charge in [-0.05, 0) is 117 Å². The lowest BCUT2D eigenvalue weighted by molar-refractivity contribution is -0.200. The topological polar surface area (TPSA) is 413 Å². The Balaban J connectivity index is 0.000000159. The Kier molecular flexibility index (Phi) is 24.4. The van der Waals surface area contributed by atoms with E-state index in [1.807, 2.05) is 39.2 Å². The molecule has 5 aliphatic heterocycles. The van der Waals surface area contributed by atoms with Crippen LogP contribution in [0, 0.1) is 11.8 Å². The third-order valence-electron chi connectivity index (χ3n) is 18.6. The van der Waals surface area contributed by atoms with Crippen LogP contribution < -0.4 is 22.1 Å². The molecular formula is C62H101ClN16O14. The van der Waals surface area contributed by atoms with Crippen LogP contribution in [0.3, 0.4) is 0 Å². The van der Waals surface area contributed by atoms with Crippen LogP contribution in [0.25, 0.3) is 33.5 Å². The minimum Gasteiger partial charge on any atom is -0.397 e. The zero-order chi connectivity index (χ0) is 65.8. The number of rotatable bonds is 10. The summed E-state index contributed by atoms with van der Waals surface area (Å²) in [5.74, 6) is 1.26. The number of anilines is 2. The molecule has 15 rings (SSSR count). The maximum atomic E-state index is 10.3. The number of aliphatic hydroxyl groups excluding tert-OH is 7. The number of ether oxygens (including phenoxy) is 7. The Morgan fingerprint density at radius 2 is 0.935 bits per heavy atom. The van der Waals surface area contributed by atoms with Crippen molar-refractivity contribution in [3.05, 3.63) is 43.1 Å². The van der Waals surface area contributed by atoms with Crippen molar-refractivity contribution in [3.8, 4) is 0 Å². The number of hydrogen-bond donors (Lipinski definition) is 11. The van der Waals surface area contributed by atoms with Crippen molar-refractivity contribution >= 4 is 56.7 Å². The molecule has 0 spiro atoms. The monoisotopic (exact) mass is 1330 g/mol.